The third kappa shape index (κ3) is 1.63. The van der Waals surface area contributed by atoms with Crippen LogP contribution in [-0.4, -0.2) is 16.4 Å². The molecule has 0 N–H and O–H groups in total. The van der Waals surface area contributed by atoms with Gasteiger partial charge in [-0.3, -0.25) is 9.59 Å². The molecule has 3 aromatic rings. The standard InChI is InChI=1S/C23H15ClO2/c24-23-20(19(25)17-13-7-8-14-18(17)21(23)26)22(23,15-9-3-1-4-10-15)16-11-5-2-6-12-16/h1-14,20H. The van der Waals surface area contributed by atoms with Crippen molar-refractivity contribution < 1.29 is 9.59 Å². The zero-order valence-electron chi connectivity index (χ0n) is 13.9. The lowest BCUT2D eigenvalue weighted by Gasteiger charge is -2.22. The second-order valence-electron chi connectivity index (χ2n) is 6.92. The fourth-order valence-corrected chi connectivity index (χ4v) is 5.33. The molecule has 0 amide bonds. The van der Waals surface area contributed by atoms with Gasteiger partial charge >= 0.3 is 0 Å². The molecular formula is C23H15ClO2. The van der Waals surface area contributed by atoms with Gasteiger partial charge in [-0.15, -0.1) is 11.6 Å². The summed E-state index contributed by atoms with van der Waals surface area (Å²) in [5.41, 5.74) is 1.87. The Bertz CT molecular complexity index is 1000. The summed E-state index contributed by atoms with van der Waals surface area (Å²) >= 11 is 7.04. The molecule has 0 bridgehead atoms. The molecule has 2 nitrogen and oxygen atoms in total. The van der Waals surface area contributed by atoms with E-state index in [2.05, 4.69) is 0 Å². The number of halogens is 1. The zero-order chi connectivity index (χ0) is 17.9. The Labute approximate surface area is 156 Å². The molecule has 0 radical (unpaired) electrons. The van der Waals surface area contributed by atoms with Crippen LogP contribution < -0.4 is 0 Å². The first-order valence-corrected chi connectivity index (χ1v) is 8.99. The molecule has 0 aliphatic heterocycles. The number of fused-ring (bicyclic) bond motifs is 2. The summed E-state index contributed by atoms with van der Waals surface area (Å²) in [5.74, 6) is -0.807. The molecule has 2 unspecified atom stereocenters. The van der Waals surface area contributed by atoms with Crippen molar-refractivity contribution in [2.45, 2.75) is 10.3 Å². The van der Waals surface area contributed by atoms with Gasteiger partial charge in [0.15, 0.2) is 11.6 Å². The maximum atomic E-state index is 13.4. The Hall–Kier alpha value is -2.71. The lowest BCUT2D eigenvalue weighted by atomic mass is 9.83. The summed E-state index contributed by atoms with van der Waals surface area (Å²) in [6, 6.07) is 26.4. The van der Waals surface area contributed by atoms with Gasteiger partial charge in [-0.1, -0.05) is 84.9 Å². The Kier molecular flexibility index (Phi) is 3.08. The third-order valence-corrected chi connectivity index (χ3v) is 6.50. The number of benzene rings is 3. The van der Waals surface area contributed by atoms with Crippen LogP contribution in [0.2, 0.25) is 0 Å². The topological polar surface area (TPSA) is 34.1 Å². The molecular weight excluding hydrogens is 344 g/mol. The van der Waals surface area contributed by atoms with E-state index in [1.54, 1.807) is 24.3 Å². The summed E-state index contributed by atoms with van der Waals surface area (Å²) in [5, 5.41) is 0. The van der Waals surface area contributed by atoms with E-state index in [0.29, 0.717) is 11.1 Å². The number of carbonyl (C=O) groups is 2. The average Bonchev–Trinajstić information content (AvgIpc) is 3.30. The van der Waals surface area contributed by atoms with E-state index in [1.165, 1.54) is 0 Å². The minimum atomic E-state index is -1.28. The number of alkyl halides is 1. The van der Waals surface area contributed by atoms with Gasteiger partial charge in [-0.25, -0.2) is 0 Å². The highest BCUT2D eigenvalue weighted by atomic mass is 35.5. The molecule has 3 heteroatoms. The summed E-state index contributed by atoms with van der Waals surface area (Å²) in [6.45, 7) is 0. The Morgan fingerprint density at radius 2 is 1.12 bits per heavy atom. The predicted octanol–water partition coefficient (Wildman–Crippen LogP) is 4.66. The lowest BCUT2D eigenvalue weighted by Crippen LogP contribution is -2.32. The maximum Gasteiger partial charge on any atom is 0.186 e. The van der Waals surface area contributed by atoms with Crippen LogP contribution in [0.5, 0.6) is 0 Å². The molecule has 126 valence electrons. The van der Waals surface area contributed by atoms with Crippen molar-refractivity contribution in [1.82, 2.24) is 0 Å². The van der Waals surface area contributed by atoms with Crippen LogP contribution in [0.4, 0.5) is 0 Å². The van der Waals surface area contributed by atoms with Crippen LogP contribution in [-0.2, 0) is 5.41 Å². The van der Waals surface area contributed by atoms with Crippen molar-refractivity contribution >= 4 is 23.2 Å². The molecule has 2 atom stereocenters. The quantitative estimate of drug-likeness (QED) is 0.624. The van der Waals surface area contributed by atoms with Crippen molar-refractivity contribution in [3.05, 3.63) is 107 Å². The second kappa shape index (κ2) is 5.15. The van der Waals surface area contributed by atoms with Crippen molar-refractivity contribution in [2.75, 3.05) is 0 Å². The molecule has 26 heavy (non-hydrogen) atoms. The van der Waals surface area contributed by atoms with Crippen molar-refractivity contribution in [1.29, 1.82) is 0 Å². The van der Waals surface area contributed by atoms with Crippen molar-refractivity contribution in [3.63, 3.8) is 0 Å². The maximum absolute atomic E-state index is 13.4. The highest BCUT2D eigenvalue weighted by Gasteiger charge is 2.85. The van der Waals surface area contributed by atoms with E-state index < -0.39 is 16.2 Å². The van der Waals surface area contributed by atoms with Crippen LogP contribution in [0.3, 0.4) is 0 Å². The minimum Gasteiger partial charge on any atom is -0.294 e. The smallest absolute Gasteiger partial charge is 0.186 e. The summed E-state index contributed by atoms with van der Waals surface area (Å²) in [6.07, 6.45) is 0. The van der Waals surface area contributed by atoms with Gasteiger partial charge in [-0.2, -0.15) is 0 Å². The SMILES string of the molecule is O=C1c2ccccc2C(=O)C2(Cl)C1C2(c1ccccc1)c1ccccc1. The number of ketones is 2. The van der Waals surface area contributed by atoms with Crippen LogP contribution >= 0.6 is 11.6 Å². The summed E-state index contributed by atoms with van der Waals surface area (Å²) < 4.78 is 0. The molecule has 1 fully saturated rings. The number of rotatable bonds is 2. The first-order chi connectivity index (χ1) is 12.6. The molecule has 1 saturated carbocycles. The predicted molar refractivity (Wildman–Crippen MR) is 101 cm³/mol. The molecule has 0 heterocycles. The molecule has 2 aliphatic rings. The molecule has 5 rings (SSSR count). The summed E-state index contributed by atoms with van der Waals surface area (Å²) in [4.78, 5) is 25.5. The van der Waals surface area contributed by atoms with E-state index in [-0.39, 0.29) is 11.6 Å². The van der Waals surface area contributed by atoms with Crippen LogP contribution in [0.1, 0.15) is 31.8 Å². The first kappa shape index (κ1) is 15.5. The monoisotopic (exact) mass is 358 g/mol. The van der Waals surface area contributed by atoms with E-state index in [9.17, 15) is 9.59 Å². The number of carbonyl (C=O) groups excluding carboxylic acids is 2. The first-order valence-electron chi connectivity index (χ1n) is 8.61. The molecule has 2 aliphatic carbocycles. The van der Waals surface area contributed by atoms with Crippen molar-refractivity contribution in [3.8, 4) is 0 Å². The minimum absolute atomic E-state index is 0.0529. The Balaban J connectivity index is 1.83. The average molecular weight is 359 g/mol. The molecule has 0 spiro atoms. The van der Waals surface area contributed by atoms with E-state index in [0.717, 1.165) is 11.1 Å². The van der Waals surface area contributed by atoms with E-state index >= 15 is 0 Å². The van der Waals surface area contributed by atoms with Crippen molar-refractivity contribution in [2.24, 2.45) is 5.92 Å². The second-order valence-corrected chi connectivity index (χ2v) is 7.52. The highest BCUT2D eigenvalue weighted by Crippen LogP contribution is 2.73. The van der Waals surface area contributed by atoms with Crippen LogP contribution in [0.15, 0.2) is 84.9 Å². The molecule has 0 aromatic heterocycles. The van der Waals surface area contributed by atoms with E-state index in [4.69, 9.17) is 11.6 Å². The molecule has 3 aromatic carbocycles. The largest absolute Gasteiger partial charge is 0.294 e. The number of Topliss-reactive ketones (excluding diaryl/α,β-unsaturated/α-hetero) is 2. The highest BCUT2D eigenvalue weighted by molar-refractivity contribution is 6.48. The van der Waals surface area contributed by atoms with Gasteiger partial charge in [0.2, 0.25) is 0 Å². The van der Waals surface area contributed by atoms with Crippen LogP contribution in [0.25, 0.3) is 0 Å². The van der Waals surface area contributed by atoms with Gasteiger partial charge in [0.05, 0.1) is 11.3 Å². The van der Waals surface area contributed by atoms with Gasteiger partial charge in [0, 0.05) is 11.1 Å². The fourth-order valence-electron chi connectivity index (χ4n) is 4.70. The normalized spacial score (nSPS) is 25.3. The zero-order valence-corrected chi connectivity index (χ0v) is 14.6. The fraction of sp³-hybridized carbons (Fsp3) is 0.130. The molecule has 0 saturated heterocycles. The third-order valence-electron chi connectivity index (χ3n) is 5.81. The Morgan fingerprint density at radius 3 is 1.65 bits per heavy atom. The van der Waals surface area contributed by atoms with E-state index in [1.807, 2.05) is 60.7 Å². The Morgan fingerprint density at radius 1 is 0.654 bits per heavy atom. The lowest BCUT2D eigenvalue weighted by molar-refractivity contribution is 0.0888. The van der Waals surface area contributed by atoms with Gasteiger partial charge < -0.3 is 0 Å². The van der Waals surface area contributed by atoms with Crippen LogP contribution in [0, 0.1) is 5.92 Å². The van der Waals surface area contributed by atoms with Gasteiger partial charge in [0.25, 0.3) is 0 Å². The number of hydrogen-bond acceptors (Lipinski definition) is 2. The number of hydrogen-bond donors (Lipinski definition) is 0. The summed E-state index contributed by atoms with van der Waals surface area (Å²) in [7, 11) is 0. The van der Waals surface area contributed by atoms with Gasteiger partial charge in [0.1, 0.15) is 4.87 Å². The van der Waals surface area contributed by atoms with Gasteiger partial charge in [-0.05, 0) is 11.1 Å².